The predicted molar refractivity (Wildman–Crippen MR) is 134 cm³/mol. The third-order valence-corrected chi connectivity index (χ3v) is 8.62. The first-order valence-corrected chi connectivity index (χ1v) is 13.5. The summed E-state index contributed by atoms with van der Waals surface area (Å²) in [5, 5.41) is 0. The fourth-order valence-corrected chi connectivity index (χ4v) is 5.83. The topological polar surface area (TPSA) is 104 Å². The van der Waals surface area contributed by atoms with E-state index in [0.717, 1.165) is 23.2 Å². The van der Waals surface area contributed by atoms with Gasteiger partial charge < -0.3 is 14.5 Å². The van der Waals surface area contributed by atoms with Crippen LogP contribution in [0.3, 0.4) is 0 Å². The highest BCUT2D eigenvalue weighted by Gasteiger charge is 2.37. The van der Waals surface area contributed by atoms with E-state index in [1.54, 1.807) is 29.2 Å². The van der Waals surface area contributed by atoms with Crippen LogP contribution in [0.1, 0.15) is 24.5 Å². The molecule has 9 nitrogen and oxygen atoms in total. The smallest absolute Gasteiger partial charge is 0.311 e. The van der Waals surface area contributed by atoms with Crippen LogP contribution in [0.4, 0.5) is 5.69 Å². The maximum Gasteiger partial charge on any atom is 0.311 e. The molecule has 192 valence electrons. The number of amides is 2. The zero-order chi connectivity index (χ0) is 25.9. The van der Waals surface area contributed by atoms with Crippen LogP contribution in [0, 0.1) is 12.8 Å². The quantitative estimate of drug-likeness (QED) is 0.525. The number of carbonyl (C=O) groups excluding carboxylic acids is 3. The normalized spacial score (nSPS) is 18.9. The molecule has 0 aliphatic carbocycles. The number of rotatable bonds is 7. The average Bonchev–Trinajstić information content (AvgIpc) is 3.29. The molecule has 0 saturated carbocycles. The molecule has 2 aromatic rings. The number of sulfonamides is 1. The van der Waals surface area contributed by atoms with Gasteiger partial charge in [-0.25, -0.2) is 8.42 Å². The van der Waals surface area contributed by atoms with E-state index in [9.17, 15) is 22.8 Å². The highest BCUT2D eigenvalue weighted by molar-refractivity contribution is 7.89. The molecule has 0 spiro atoms. The number of esters is 1. The fourth-order valence-electron chi connectivity index (χ4n) is 4.41. The van der Waals surface area contributed by atoms with E-state index in [1.165, 1.54) is 9.21 Å². The fraction of sp³-hybridized carbons (Fsp3) is 0.423. The molecule has 2 saturated heterocycles. The van der Waals surface area contributed by atoms with Crippen LogP contribution in [0.2, 0.25) is 0 Å². The summed E-state index contributed by atoms with van der Waals surface area (Å²) in [4.78, 5) is 40.9. The van der Waals surface area contributed by atoms with E-state index in [2.05, 4.69) is 6.92 Å². The predicted octanol–water partition coefficient (Wildman–Crippen LogP) is 1.99. The molecule has 0 aromatic heterocycles. The van der Waals surface area contributed by atoms with Gasteiger partial charge >= 0.3 is 5.97 Å². The van der Waals surface area contributed by atoms with Gasteiger partial charge in [0.05, 0.1) is 10.8 Å². The molecule has 1 atom stereocenters. The lowest BCUT2D eigenvalue weighted by atomic mass is 10.1. The van der Waals surface area contributed by atoms with E-state index in [4.69, 9.17) is 4.74 Å². The molecule has 0 N–H and O–H groups in total. The molecular weight excluding hydrogens is 482 g/mol. The van der Waals surface area contributed by atoms with Crippen LogP contribution < -0.4 is 4.90 Å². The number of ether oxygens (including phenoxy) is 1. The number of anilines is 1. The Balaban J connectivity index is 1.25. The molecule has 2 amide bonds. The highest BCUT2D eigenvalue weighted by Crippen LogP contribution is 2.26. The zero-order valence-corrected chi connectivity index (χ0v) is 21.4. The van der Waals surface area contributed by atoms with Gasteiger partial charge in [0, 0.05) is 44.8 Å². The van der Waals surface area contributed by atoms with E-state index in [-0.39, 0.29) is 55.9 Å². The van der Waals surface area contributed by atoms with Crippen LogP contribution in [0.15, 0.2) is 53.4 Å². The summed E-state index contributed by atoms with van der Waals surface area (Å²) < 4.78 is 32.3. The Labute approximate surface area is 211 Å². The van der Waals surface area contributed by atoms with Crippen molar-refractivity contribution < 1.29 is 27.5 Å². The number of piperazine rings is 1. The first-order chi connectivity index (χ1) is 17.2. The second-order valence-corrected chi connectivity index (χ2v) is 11.1. The maximum atomic E-state index is 12.8. The number of nitrogens with zero attached hydrogens (tertiary/aromatic N) is 3. The molecule has 0 radical (unpaired) electrons. The standard InChI is InChI=1S/C26H31N3O6S/c1-3-20-6-8-22(9-7-20)29-17-21(16-24(29)30)26(32)35-18-25(31)27-12-14-28(15-13-27)36(33,34)23-10-4-19(2)5-11-23/h4-11,21H,3,12-18H2,1-2H3/t21-/m0/s1. The Kier molecular flexibility index (Phi) is 7.75. The number of benzene rings is 2. The molecule has 2 aliphatic heterocycles. The van der Waals surface area contributed by atoms with Crippen molar-refractivity contribution in [1.29, 1.82) is 0 Å². The van der Waals surface area contributed by atoms with Crippen molar-refractivity contribution in [2.24, 2.45) is 5.92 Å². The van der Waals surface area contributed by atoms with Crippen molar-refractivity contribution in [3.05, 3.63) is 59.7 Å². The van der Waals surface area contributed by atoms with E-state index < -0.39 is 28.5 Å². The minimum absolute atomic E-state index is 0.0398. The lowest BCUT2D eigenvalue weighted by molar-refractivity contribution is -0.155. The summed E-state index contributed by atoms with van der Waals surface area (Å²) in [5.74, 6) is -1.75. The van der Waals surface area contributed by atoms with Crippen molar-refractivity contribution in [3.8, 4) is 0 Å². The van der Waals surface area contributed by atoms with Crippen LogP contribution in [0.5, 0.6) is 0 Å². The molecule has 4 rings (SSSR count). The van der Waals surface area contributed by atoms with Crippen molar-refractivity contribution in [2.75, 3.05) is 44.2 Å². The number of aryl methyl sites for hydroxylation is 2. The lowest BCUT2D eigenvalue weighted by Gasteiger charge is -2.34. The Morgan fingerprint density at radius 3 is 2.22 bits per heavy atom. The first-order valence-electron chi connectivity index (χ1n) is 12.1. The first kappa shape index (κ1) is 25.8. The molecule has 36 heavy (non-hydrogen) atoms. The van der Waals surface area contributed by atoms with Crippen molar-refractivity contribution in [3.63, 3.8) is 0 Å². The third-order valence-electron chi connectivity index (χ3n) is 6.70. The molecule has 2 aromatic carbocycles. The molecular formula is C26H31N3O6S. The summed E-state index contributed by atoms with van der Waals surface area (Å²) >= 11 is 0. The second-order valence-electron chi connectivity index (χ2n) is 9.13. The average molecular weight is 514 g/mol. The minimum Gasteiger partial charge on any atom is -0.455 e. The van der Waals surface area contributed by atoms with Crippen molar-refractivity contribution >= 4 is 33.5 Å². The van der Waals surface area contributed by atoms with Gasteiger partial charge in [-0.3, -0.25) is 14.4 Å². The highest BCUT2D eigenvalue weighted by atomic mass is 32.2. The van der Waals surface area contributed by atoms with Gasteiger partial charge in [0.15, 0.2) is 6.61 Å². The summed E-state index contributed by atoms with van der Waals surface area (Å²) in [6.45, 7) is 4.48. The number of hydrogen-bond donors (Lipinski definition) is 0. The van der Waals surface area contributed by atoms with Gasteiger partial charge in [-0.2, -0.15) is 4.31 Å². The molecule has 0 bridgehead atoms. The molecule has 10 heteroatoms. The minimum atomic E-state index is -3.63. The van der Waals surface area contributed by atoms with E-state index >= 15 is 0 Å². The van der Waals surface area contributed by atoms with Gasteiger partial charge in [0.2, 0.25) is 15.9 Å². The van der Waals surface area contributed by atoms with Gasteiger partial charge in [0.1, 0.15) is 0 Å². The summed E-state index contributed by atoms with van der Waals surface area (Å²) in [5.41, 5.74) is 2.87. The SMILES string of the molecule is CCc1ccc(N2C[C@@H](C(=O)OCC(=O)N3CCN(S(=O)(=O)c4ccc(C)cc4)CC3)CC2=O)cc1. The van der Waals surface area contributed by atoms with E-state index in [1.807, 2.05) is 31.2 Å². The van der Waals surface area contributed by atoms with Gasteiger partial charge in [-0.15, -0.1) is 0 Å². The molecule has 2 fully saturated rings. The Bertz CT molecular complexity index is 1220. The Morgan fingerprint density at radius 2 is 1.61 bits per heavy atom. The Hall–Kier alpha value is -3.24. The molecule has 2 heterocycles. The number of carbonyl (C=O) groups is 3. The van der Waals surface area contributed by atoms with E-state index in [0.29, 0.717) is 0 Å². The number of hydrogen-bond acceptors (Lipinski definition) is 6. The second kappa shape index (κ2) is 10.8. The Morgan fingerprint density at radius 1 is 0.972 bits per heavy atom. The molecule has 2 aliphatic rings. The largest absolute Gasteiger partial charge is 0.455 e. The van der Waals surface area contributed by atoms with Crippen LogP contribution in [-0.2, 0) is 35.6 Å². The van der Waals surface area contributed by atoms with Gasteiger partial charge in [-0.1, -0.05) is 36.8 Å². The summed E-state index contributed by atoms with van der Waals surface area (Å²) in [7, 11) is -3.63. The molecule has 0 unspecified atom stereocenters. The van der Waals surface area contributed by atoms with Gasteiger partial charge in [-0.05, 0) is 43.2 Å². The van der Waals surface area contributed by atoms with Crippen LogP contribution >= 0.6 is 0 Å². The monoisotopic (exact) mass is 513 g/mol. The van der Waals surface area contributed by atoms with Gasteiger partial charge in [0.25, 0.3) is 5.91 Å². The summed E-state index contributed by atoms with van der Waals surface area (Å²) in [6.07, 6.45) is 0.937. The van der Waals surface area contributed by atoms with Crippen LogP contribution in [0.25, 0.3) is 0 Å². The zero-order valence-electron chi connectivity index (χ0n) is 20.6. The van der Waals surface area contributed by atoms with Crippen molar-refractivity contribution in [1.82, 2.24) is 9.21 Å². The van der Waals surface area contributed by atoms with Crippen molar-refractivity contribution in [2.45, 2.75) is 31.6 Å². The lowest BCUT2D eigenvalue weighted by Crippen LogP contribution is -2.51. The maximum absolute atomic E-state index is 12.8. The van der Waals surface area contributed by atoms with Crippen LogP contribution in [-0.4, -0.2) is 74.7 Å². The summed E-state index contributed by atoms with van der Waals surface area (Å²) in [6, 6.07) is 14.3. The third kappa shape index (κ3) is 5.60.